The second-order valence-corrected chi connectivity index (χ2v) is 5.62. The molecule has 1 atom stereocenters. The fourth-order valence-electron chi connectivity index (χ4n) is 2.23. The van der Waals surface area contributed by atoms with E-state index in [1.165, 1.54) is 0 Å². The highest BCUT2D eigenvalue weighted by Crippen LogP contribution is 2.36. The number of nitrogens with zero attached hydrogens (tertiary/aromatic N) is 1. The van der Waals surface area contributed by atoms with Gasteiger partial charge in [-0.25, -0.2) is 0 Å². The van der Waals surface area contributed by atoms with Gasteiger partial charge >= 0.3 is 0 Å². The SMILES string of the molecule is CC[C@H](C)NC(=O)COCc1cc(-c2ccc3c(c2)OCO3)on1. The standard InChI is InChI=1S/C17H20N2O5/c1-3-11(2)18-17(20)9-21-8-13-7-15(24-19-13)12-4-5-14-16(6-12)23-10-22-14/h4-7,11H,3,8-10H2,1-2H3,(H,18,20)/t11-/m0/s1. The number of fused-ring (bicyclic) bond motifs is 1. The summed E-state index contributed by atoms with van der Waals surface area (Å²) in [4.78, 5) is 11.6. The number of nitrogens with one attached hydrogen (secondary N) is 1. The fourth-order valence-corrected chi connectivity index (χ4v) is 2.23. The third kappa shape index (κ3) is 3.86. The summed E-state index contributed by atoms with van der Waals surface area (Å²) in [6.45, 7) is 4.40. The first kappa shape index (κ1) is 16.3. The van der Waals surface area contributed by atoms with Gasteiger partial charge in [-0.05, 0) is 31.5 Å². The van der Waals surface area contributed by atoms with Crippen LogP contribution in [0.15, 0.2) is 28.8 Å². The van der Waals surface area contributed by atoms with Crippen LogP contribution in [0.25, 0.3) is 11.3 Å². The normalized spacial score (nSPS) is 13.8. The van der Waals surface area contributed by atoms with Gasteiger partial charge in [-0.1, -0.05) is 12.1 Å². The van der Waals surface area contributed by atoms with E-state index >= 15 is 0 Å². The van der Waals surface area contributed by atoms with Gasteiger partial charge in [0, 0.05) is 17.7 Å². The van der Waals surface area contributed by atoms with Crippen LogP contribution < -0.4 is 14.8 Å². The molecular formula is C17H20N2O5. The minimum atomic E-state index is -0.135. The summed E-state index contributed by atoms with van der Waals surface area (Å²) in [5.74, 6) is 1.87. The van der Waals surface area contributed by atoms with Crippen molar-refractivity contribution in [2.75, 3.05) is 13.4 Å². The molecule has 0 aliphatic carbocycles. The number of ether oxygens (including phenoxy) is 3. The van der Waals surface area contributed by atoms with E-state index in [9.17, 15) is 4.79 Å². The number of rotatable bonds is 7. The molecule has 3 rings (SSSR count). The van der Waals surface area contributed by atoms with Crippen molar-refractivity contribution >= 4 is 5.91 Å². The van der Waals surface area contributed by atoms with E-state index in [0.29, 0.717) is 23.0 Å². The van der Waals surface area contributed by atoms with Crippen LogP contribution in [0.3, 0.4) is 0 Å². The Bertz CT molecular complexity index is 713. The second kappa shape index (κ2) is 7.35. The largest absolute Gasteiger partial charge is 0.454 e. The van der Waals surface area contributed by atoms with Gasteiger partial charge in [-0.15, -0.1) is 0 Å². The highest BCUT2D eigenvalue weighted by atomic mass is 16.7. The molecule has 0 bridgehead atoms. The number of amides is 1. The minimum absolute atomic E-state index is 0.00342. The Kier molecular flexibility index (Phi) is 5.00. The molecule has 128 valence electrons. The molecule has 7 nitrogen and oxygen atoms in total. The van der Waals surface area contributed by atoms with Crippen LogP contribution in [0.5, 0.6) is 11.5 Å². The maximum absolute atomic E-state index is 11.6. The first-order valence-electron chi connectivity index (χ1n) is 7.88. The van der Waals surface area contributed by atoms with Gasteiger partial charge in [-0.2, -0.15) is 0 Å². The molecule has 0 radical (unpaired) electrons. The van der Waals surface area contributed by atoms with Gasteiger partial charge in [0.1, 0.15) is 12.3 Å². The van der Waals surface area contributed by atoms with Crippen molar-refractivity contribution in [3.8, 4) is 22.8 Å². The molecule has 1 aliphatic heterocycles. The molecule has 0 unspecified atom stereocenters. The zero-order chi connectivity index (χ0) is 16.9. The van der Waals surface area contributed by atoms with E-state index in [1.807, 2.05) is 32.0 Å². The molecule has 1 aromatic heterocycles. The fraction of sp³-hybridized carbons (Fsp3) is 0.412. The molecule has 2 aromatic rings. The maximum Gasteiger partial charge on any atom is 0.246 e. The van der Waals surface area contributed by atoms with Gasteiger partial charge in [-0.3, -0.25) is 4.79 Å². The topological polar surface area (TPSA) is 82.8 Å². The highest BCUT2D eigenvalue weighted by molar-refractivity contribution is 5.77. The van der Waals surface area contributed by atoms with Gasteiger partial charge in [0.05, 0.1) is 6.61 Å². The molecule has 1 aliphatic rings. The lowest BCUT2D eigenvalue weighted by molar-refractivity contribution is -0.126. The Balaban J connectivity index is 1.53. The lowest BCUT2D eigenvalue weighted by Crippen LogP contribution is -2.34. The molecular weight excluding hydrogens is 312 g/mol. The van der Waals surface area contributed by atoms with Crippen molar-refractivity contribution in [1.29, 1.82) is 0 Å². The minimum Gasteiger partial charge on any atom is -0.454 e. The first-order valence-corrected chi connectivity index (χ1v) is 7.88. The number of carbonyl (C=O) groups excluding carboxylic acids is 1. The zero-order valence-electron chi connectivity index (χ0n) is 13.7. The second-order valence-electron chi connectivity index (χ2n) is 5.62. The molecule has 0 spiro atoms. The summed E-state index contributed by atoms with van der Waals surface area (Å²) in [5.41, 5.74) is 1.46. The Hall–Kier alpha value is -2.54. The van der Waals surface area contributed by atoms with Crippen molar-refractivity contribution in [2.24, 2.45) is 0 Å². The summed E-state index contributed by atoms with van der Waals surface area (Å²) in [5, 5.41) is 6.79. The zero-order valence-corrected chi connectivity index (χ0v) is 13.7. The van der Waals surface area contributed by atoms with Crippen molar-refractivity contribution in [3.05, 3.63) is 30.0 Å². The molecule has 0 saturated carbocycles. The van der Waals surface area contributed by atoms with Crippen molar-refractivity contribution in [3.63, 3.8) is 0 Å². The third-order valence-corrected chi connectivity index (χ3v) is 3.72. The Morgan fingerprint density at radius 3 is 3.00 bits per heavy atom. The van der Waals surface area contributed by atoms with E-state index in [-0.39, 0.29) is 32.0 Å². The Morgan fingerprint density at radius 1 is 1.33 bits per heavy atom. The predicted octanol–water partition coefficient (Wildman–Crippen LogP) is 2.50. The predicted molar refractivity (Wildman–Crippen MR) is 85.6 cm³/mol. The van der Waals surface area contributed by atoms with Crippen molar-refractivity contribution in [1.82, 2.24) is 10.5 Å². The summed E-state index contributed by atoms with van der Waals surface area (Å²) in [7, 11) is 0. The smallest absolute Gasteiger partial charge is 0.246 e. The molecule has 24 heavy (non-hydrogen) atoms. The number of benzene rings is 1. The average Bonchev–Trinajstić information content (AvgIpc) is 3.22. The van der Waals surface area contributed by atoms with Gasteiger partial charge in [0.2, 0.25) is 12.7 Å². The van der Waals surface area contributed by atoms with Crippen LogP contribution in [-0.2, 0) is 16.1 Å². The van der Waals surface area contributed by atoms with E-state index in [4.69, 9.17) is 18.7 Å². The monoisotopic (exact) mass is 332 g/mol. The molecule has 0 fully saturated rings. The lowest BCUT2D eigenvalue weighted by Gasteiger charge is -2.10. The summed E-state index contributed by atoms with van der Waals surface area (Å²) in [6, 6.07) is 7.47. The Labute approximate surface area is 139 Å². The van der Waals surface area contributed by atoms with E-state index < -0.39 is 0 Å². The van der Waals surface area contributed by atoms with Crippen molar-refractivity contribution < 1.29 is 23.5 Å². The van der Waals surface area contributed by atoms with Gasteiger partial charge < -0.3 is 24.1 Å². The summed E-state index contributed by atoms with van der Waals surface area (Å²) in [6.07, 6.45) is 0.883. The van der Waals surface area contributed by atoms with Gasteiger partial charge in [0.25, 0.3) is 0 Å². The molecule has 1 aromatic carbocycles. The quantitative estimate of drug-likeness (QED) is 0.839. The molecule has 2 heterocycles. The van der Waals surface area contributed by atoms with Crippen LogP contribution in [0.2, 0.25) is 0 Å². The maximum atomic E-state index is 11.6. The molecule has 1 amide bonds. The molecule has 1 N–H and O–H groups in total. The number of hydrogen-bond acceptors (Lipinski definition) is 6. The van der Waals surface area contributed by atoms with Crippen LogP contribution in [0.1, 0.15) is 26.0 Å². The number of hydrogen-bond donors (Lipinski definition) is 1. The molecule has 0 saturated heterocycles. The van der Waals surface area contributed by atoms with E-state index in [1.54, 1.807) is 6.07 Å². The van der Waals surface area contributed by atoms with Crippen LogP contribution in [0.4, 0.5) is 0 Å². The van der Waals surface area contributed by atoms with Crippen molar-refractivity contribution in [2.45, 2.75) is 32.9 Å². The third-order valence-electron chi connectivity index (χ3n) is 3.72. The lowest BCUT2D eigenvalue weighted by atomic mass is 10.1. The number of carbonyl (C=O) groups is 1. The summed E-state index contributed by atoms with van der Waals surface area (Å²) >= 11 is 0. The van der Waals surface area contributed by atoms with Crippen LogP contribution in [-0.4, -0.2) is 30.5 Å². The van der Waals surface area contributed by atoms with E-state index in [0.717, 1.165) is 12.0 Å². The highest BCUT2D eigenvalue weighted by Gasteiger charge is 2.16. The molecule has 7 heteroatoms. The van der Waals surface area contributed by atoms with Crippen LogP contribution in [0, 0.1) is 0 Å². The van der Waals surface area contributed by atoms with Crippen LogP contribution >= 0.6 is 0 Å². The Morgan fingerprint density at radius 2 is 2.17 bits per heavy atom. The van der Waals surface area contributed by atoms with E-state index in [2.05, 4.69) is 10.5 Å². The number of aromatic nitrogens is 1. The van der Waals surface area contributed by atoms with Gasteiger partial charge in [0.15, 0.2) is 17.3 Å². The first-order chi connectivity index (χ1) is 11.7. The average molecular weight is 332 g/mol. The summed E-state index contributed by atoms with van der Waals surface area (Å²) < 4.78 is 21.3.